The van der Waals surface area contributed by atoms with Gasteiger partial charge in [0, 0.05) is 27.5 Å². The van der Waals surface area contributed by atoms with Gasteiger partial charge in [0.2, 0.25) is 0 Å². The first-order chi connectivity index (χ1) is 19.1. The number of aldehydes is 1. The lowest BCUT2D eigenvalue weighted by molar-refractivity contribution is 0.112. The summed E-state index contributed by atoms with van der Waals surface area (Å²) >= 11 is 3.17. The van der Waals surface area contributed by atoms with Crippen LogP contribution in [0.1, 0.15) is 9.67 Å². The molecule has 0 amide bonds. The van der Waals surface area contributed by atoms with Crippen molar-refractivity contribution in [2.75, 3.05) is 19.1 Å². The minimum atomic E-state index is 0.730. The van der Waals surface area contributed by atoms with E-state index in [0.29, 0.717) is 0 Å². The van der Waals surface area contributed by atoms with Crippen LogP contribution < -0.4 is 14.4 Å². The number of aromatic nitrogens is 1. The number of carbonyl (C=O) groups excluding carboxylic acids is 1. The third-order valence-electron chi connectivity index (χ3n) is 6.45. The fourth-order valence-corrected chi connectivity index (χ4v) is 6.26. The Morgan fingerprint density at radius 2 is 1.23 bits per heavy atom. The van der Waals surface area contributed by atoms with E-state index in [0.717, 1.165) is 71.0 Å². The van der Waals surface area contributed by atoms with E-state index in [1.807, 2.05) is 60.7 Å². The normalized spacial score (nSPS) is 10.9. The molecular weight excluding hydrogens is 524 g/mol. The number of hydrogen-bond acceptors (Lipinski definition) is 7. The van der Waals surface area contributed by atoms with Gasteiger partial charge in [0.15, 0.2) is 6.29 Å². The summed E-state index contributed by atoms with van der Waals surface area (Å²) in [4.78, 5) is 20.0. The van der Waals surface area contributed by atoms with Gasteiger partial charge in [-0.1, -0.05) is 6.07 Å². The van der Waals surface area contributed by atoms with Crippen molar-refractivity contribution in [1.29, 1.82) is 0 Å². The number of hydrogen-bond donors (Lipinski definition) is 0. The molecule has 6 rings (SSSR count). The molecule has 0 aliphatic carbocycles. The maximum Gasteiger partial charge on any atom is 0.160 e. The van der Waals surface area contributed by atoms with Gasteiger partial charge < -0.3 is 14.4 Å². The number of carbonyl (C=O) groups is 1. The van der Waals surface area contributed by atoms with Crippen LogP contribution in [0.2, 0.25) is 0 Å². The lowest BCUT2D eigenvalue weighted by Crippen LogP contribution is -2.09. The molecule has 39 heavy (non-hydrogen) atoms. The van der Waals surface area contributed by atoms with Crippen LogP contribution in [0.4, 0.5) is 17.1 Å². The van der Waals surface area contributed by atoms with Crippen LogP contribution in [0.3, 0.4) is 0 Å². The van der Waals surface area contributed by atoms with Gasteiger partial charge in [-0.05, 0) is 103 Å². The molecule has 0 fully saturated rings. The molecule has 6 aromatic rings. The minimum absolute atomic E-state index is 0.730. The summed E-state index contributed by atoms with van der Waals surface area (Å²) in [5.41, 5.74) is 6.19. The predicted molar refractivity (Wildman–Crippen MR) is 162 cm³/mol. The number of methoxy groups -OCH3 is 2. The summed E-state index contributed by atoms with van der Waals surface area (Å²) in [6, 6.07) is 34.6. The topological polar surface area (TPSA) is 51.7 Å². The van der Waals surface area contributed by atoms with Crippen molar-refractivity contribution in [3.8, 4) is 32.5 Å². The van der Waals surface area contributed by atoms with E-state index in [4.69, 9.17) is 14.5 Å². The largest absolute Gasteiger partial charge is 0.497 e. The van der Waals surface area contributed by atoms with Gasteiger partial charge in [0.05, 0.1) is 29.3 Å². The summed E-state index contributed by atoms with van der Waals surface area (Å²) in [5.74, 6) is 1.62. The highest BCUT2D eigenvalue weighted by Gasteiger charge is 2.15. The molecule has 0 atom stereocenters. The van der Waals surface area contributed by atoms with Crippen LogP contribution >= 0.6 is 22.7 Å². The molecule has 0 radical (unpaired) electrons. The highest BCUT2D eigenvalue weighted by molar-refractivity contribution is 7.21. The van der Waals surface area contributed by atoms with Crippen molar-refractivity contribution in [2.45, 2.75) is 0 Å². The molecule has 2 heterocycles. The molecule has 0 N–H and O–H groups in total. The number of benzene rings is 4. The van der Waals surface area contributed by atoms with Gasteiger partial charge in [-0.3, -0.25) is 4.79 Å². The van der Waals surface area contributed by atoms with Crippen LogP contribution in [0.15, 0.2) is 103 Å². The standard InChI is InChI=1S/C32H24N2O3S2/c1-36-26-12-8-24(9-13-26)34(25-10-14-27(37-2)15-11-25)23-6-3-21(4-7-23)32-33-29-17-5-22(19-31(29)39-32)30-18-16-28(20-35)38-30/h3-20H,1-2H3. The van der Waals surface area contributed by atoms with Gasteiger partial charge in [0.25, 0.3) is 0 Å². The number of fused-ring (bicyclic) bond motifs is 1. The average Bonchev–Trinajstić information content (AvgIpc) is 3.65. The second-order valence-corrected chi connectivity index (χ2v) is 10.9. The SMILES string of the molecule is COc1ccc(N(c2ccc(OC)cc2)c2ccc(-c3nc4ccc(-c5ccc(C=O)s5)cc4s3)cc2)cc1. The van der Waals surface area contributed by atoms with E-state index in [2.05, 4.69) is 47.4 Å². The first kappa shape index (κ1) is 24.9. The van der Waals surface area contributed by atoms with E-state index in [1.165, 1.54) is 11.3 Å². The number of rotatable bonds is 8. The van der Waals surface area contributed by atoms with Crippen molar-refractivity contribution >= 4 is 56.2 Å². The fourth-order valence-electron chi connectivity index (χ4n) is 4.44. The molecule has 0 spiro atoms. The van der Waals surface area contributed by atoms with E-state index in [-0.39, 0.29) is 0 Å². The number of anilines is 3. The Labute approximate surface area is 234 Å². The Kier molecular flexibility index (Phi) is 6.84. The molecule has 0 bridgehead atoms. The number of thiophene rings is 1. The fraction of sp³-hybridized carbons (Fsp3) is 0.0625. The third kappa shape index (κ3) is 5.02. The maximum atomic E-state index is 11.1. The van der Waals surface area contributed by atoms with Crippen molar-refractivity contribution in [1.82, 2.24) is 4.98 Å². The van der Waals surface area contributed by atoms with E-state index in [1.54, 1.807) is 25.6 Å². The Morgan fingerprint density at radius 3 is 1.77 bits per heavy atom. The quantitative estimate of drug-likeness (QED) is 0.178. The van der Waals surface area contributed by atoms with Gasteiger partial charge in [0.1, 0.15) is 16.5 Å². The van der Waals surface area contributed by atoms with Crippen LogP contribution in [-0.4, -0.2) is 25.5 Å². The minimum Gasteiger partial charge on any atom is -0.497 e. The van der Waals surface area contributed by atoms with Crippen molar-refractivity contribution in [2.24, 2.45) is 0 Å². The van der Waals surface area contributed by atoms with E-state index in [9.17, 15) is 4.79 Å². The Hall–Kier alpha value is -4.46. The second-order valence-electron chi connectivity index (χ2n) is 8.80. The third-order valence-corrected chi connectivity index (χ3v) is 8.58. The van der Waals surface area contributed by atoms with Crippen molar-refractivity contribution in [3.05, 3.63) is 108 Å². The summed E-state index contributed by atoms with van der Waals surface area (Å²) in [7, 11) is 3.34. The molecule has 4 aromatic carbocycles. The summed E-state index contributed by atoms with van der Waals surface area (Å²) in [6.45, 7) is 0. The smallest absolute Gasteiger partial charge is 0.160 e. The molecule has 0 saturated carbocycles. The van der Waals surface area contributed by atoms with Gasteiger partial charge in [-0.25, -0.2) is 4.98 Å². The molecule has 5 nitrogen and oxygen atoms in total. The Bertz CT molecular complexity index is 1690. The van der Waals surface area contributed by atoms with Crippen LogP contribution in [0.5, 0.6) is 11.5 Å². The molecule has 192 valence electrons. The lowest BCUT2D eigenvalue weighted by atomic mass is 10.1. The van der Waals surface area contributed by atoms with Gasteiger partial charge >= 0.3 is 0 Å². The van der Waals surface area contributed by atoms with E-state index < -0.39 is 0 Å². The zero-order valence-electron chi connectivity index (χ0n) is 21.3. The molecule has 0 unspecified atom stereocenters. The number of nitrogens with zero attached hydrogens (tertiary/aromatic N) is 2. The first-order valence-corrected chi connectivity index (χ1v) is 13.9. The molecule has 2 aromatic heterocycles. The second kappa shape index (κ2) is 10.7. The van der Waals surface area contributed by atoms with E-state index >= 15 is 0 Å². The maximum absolute atomic E-state index is 11.1. The van der Waals surface area contributed by atoms with Gasteiger partial charge in [-0.15, -0.1) is 22.7 Å². The summed E-state index contributed by atoms with van der Waals surface area (Å²) in [6.07, 6.45) is 0.894. The van der Waals surface area contributed by atoms with Crippen molar-refractivity contribution in [3.63, 3.8) is 0 Å². The molecule has 7 heteroatoms. The zero-order chi connectivity index (χ0) is 26.8. The molecule has 0 saturated heterocycles. The zero-order valence-corrected chi connectivity index (χ0v) is 23.0. The monoisotopic (exact) mass is 548 g/mol. The number of ether oxygens (including phenoxy) is 2. The predicted octanol–water partition coefficient (Wildman–Crippen LogP) is 8.99. The highest BCUT2D eigenvalue weighted by atomic mass is 32.1. The van der Waals surface area contributed by atoms with Crippen LogP contribution in [-0.2, 0) is 0 Å². The molecular formula is C32H24N2O3S2. The summed E-state index contributed by atoms with van der Waals surface area (Å²) in [5, 5.41) is 0.967. The average molecular weight is 549 g/mol. The molecule has 0 aliphatic heterocycles. The first-order valence-electron chi connectivity index (χ1n) is 12.3. The number of thiazole rings is 1. The lowest BCUT2D eigenvalue weighted by Gasteiger charge is -2.26. The van der Waals surface area contributed by atoms with Crippen LogP contribution in [0.25, 0.3) is 31.2 Å². The summed E-state index contributed by atoms with van der Waals surface area (Å²) < 4.78 is 11.8. The Morgan fingerprint density at radius 1 is 0.667 bits per heavy atom. The Balaban J connectivity index is 1.33. The van der Waals surface area contributed by atoms with Gasteiger partial charge in [-0.2, -0.15) is 0 Å². The molecule has 0 aliphatic rings. The van der Waals surface area contributed by atoms with Crippen molar-refractivity contribution < 1.29 is 14.3 Å². The van der Waals surface area contributed by atoms with Crippen LogP contribution in [0, 0.1) is 0 Å². The highest BCUT2D eigenvalue weighted by Crippen LogP contribution is 2.39.